The number of para-hydroxylation sites is 1. The van der Waals surface area contributed by atoms with Crippen molar-refractivity contribution in [3.05, 3.63) is 23.8 Å². The van der Waals surface area contributed by atoms with Crippen molar-refractivity contribution in [2.24, 2.45) is 10.9 Å². The Bertz CT molecular complexity index is 390. The minimum Gasteiger partial charge on any atom is -0.486 e. The molecule has 0 aliphatic carbocycles. The van der Waals surface area contributed by atoms with E-state index >= 15 is 0 Å². The van der Waals surface area contributed by atoms with Crippen LogP contribution < -0.4 is 15.2 Å². The quantitative estimate of drug-likeness (QED) is 0.325. The van der Waals surface area contributed by atoms with E-state index in [0.717, 1.165) is 5.56 Å². The first-order valence-electron chi connectivity index (χ1n) is 4.65. The summed E-state index contributed by atoms with van der Waals surface area (Å²) in [5, 5.41) is 11.4. The molecule has 1 aromatic carbocycles. The first-order valence-corrected chi connectivity index (χ1v) is 4.65. The molecule has 5 nitrogen and oxygen atoms in total. The Hall–Kier alpha value is -1.91. The Morgan fingerprint density at radius 1 is 1.40 bits per heavy atom. The van der Waals surface area contributed by atoms with E-state index < -0.39 is 0 Å². The highest BCUT2D eigenvalue weighted by Crippen LogP contribution is 2.33. The Labute approximate surface area is 87.1 Å². The molecule has 0 spiro atoms. The monoisotopic (exact) mass is 208 g/mol. The topological polar surface area (TPSA) is 77.1 Å². The summed E-state index contributed by atoms with van der Waals surface area (Å²) in [5.41, 5.74) is 6.31. The number of ether oxygens (including phenoxy) is 2. The predicted octanol–water partition coefficient (Wildman–Crippen LogP) is 0.747. The van der Waals surface area contributed by atoms with Gasteiger partial charge in [-0.2, -0.15) is 0 Å². The molecule has 0 saturated heterocycles. The summed E-state index contributed by atoms with van der Waals surface area (Å²) < 4.78 is 10.9. The second-order valence-electron chi connectivity index (χ2n) is 3.21. The van der Waals surface area contributed by atoms with Gasteiger partial charge in [-0.3, -0.25) is 0 Å². The molecule has 0 atom stereocenters. The number of fused-ring (bicyclic) bond motifs is 1. The summed E-state index contributed by atoms with van der Waals surface area (Å²) in [6, 6.07) is 5.56. The van der Waals surface area contributed by atoms with Gasteiger partial charge in [0, 0.05) is 12.0 Å². The zero-order valence-corrected chi connectivity index (χ0v) is 8.14. The van der Waals surface area contributed by atoms with Crippen LogP contribution in [0.15, 0.2) is 23.4 Å². The predicted molar refractivity (Wildman–Crippen MR) is 54.5 cm³/mol. The van der Waals surface area contributed by atoms with E-state index in [4.69, 9.17) is 20.4 Å². The van der Waals surface area contributed by atoms with Crippen molar-refractivity contribution in [1.82, 2.24) is 0 Å². The highest BCUT2D eigenvalue weighted by atomic mass is 16.6. The number of oxime groups is 1. The molecule has 0 saturated carbocycles. The maximum absolute atomic E-state index is 8.49. The van der Waals surface area contributed by atoms with Gasteiger partial charge in [0.05, 0.1) is 0 Å². The third-order valence-electron chi connectivity index (χ3n) is 2.15. The normalized spacial score (nSPS) is 15.1. The fraction of sp³-hybridized carbons (Fsp3) is 0.300. The van der Waals surface area contributed by atoms with Crippen molar-refractivity contribution in [1.29, 1.82) is 0 Å². The third kappa shape index (κ3) is 1.96. The fourth-order valence-electron chi connectivity index (χ4n) is 1.50. The summed E-state index contributed by atoms with van der Waals surface area (Å²) in [6.45, 7) is 1.08. The number of rotatable bonds is 2. The van der Waals surface area contributed by atoms with E-state index in [1.165, 1.54) is 0 Å². The van der Waals surface area contributed by atoms with Crippen molar-refractivity contribution in [2.45, 2.75) is 6.42 Å². The molecule has 0 bridgehead atoms. The van der Waals surface area contributed by atoms with Gasteiger partial charge in [0.1, 0.15) is 19.0 Å². The Kier molecular flexibility index (Phi) is 2.62. The molecular formula is C10H12N2O3. The van der Waals surface area contributed by atoms with E-state index in [1.807, 2.05) is 18.2 Å². The van der Waals surface area contributed by atoms with Gasteiger partial charge < -0.3 is 20.4 Å². The van der Waals surface area contributed by atoms with Crippen LogP contribution in [0.1, 0.15) is 5.56 Å². The molecule has 1 aliphatic rings. The van der Waals surface area contributed by atoms with E-state index in [0.29, 0.717) is 31.1 Å². The zero-order valence-electron chi connectivity index (χ0n) is 8.14. The van der Waals surface area contributed by atoms with Gasteiger partial charge in [-0.15, -0.1) is 0 Å². The molecule has 0 unspecified atom stereocenters. The molecule has 0 amide bonds. The minimum absolute atomic E-state index is 0.151. The molecule has 0 radical (unpaired) electrons. The van der Waals surface area contributed by atoms with Gasteiger partial charge >= 0.3 is 0 Å². The highest BCUT2D eigenvalue weighted by molar-refractivity contribution is 5.83. The van der Waals surface area contributed by atoms with Gasteiger partial charge in [0.25, 0.3) is 0 Å². The van der Waals surface area contributed by atoms with Gasteiger partial charge in [-0.25, -0.2) is 0 Å². The Morgan fingerprint density at radius 3 is 3.00 bits per heavy atom. The Morgan fingerprint density at radius 2 is 2.20 bits per heavy atom. The molecule has 5 heteroatoms. The van der Waals surface area contributed by atoms with Gasteiger partial charge in [0.2, 0.25) is 0 Å². The van der Waals surface area contributed by atoms with Crippen LogP contribution in [-0.4, -0.2) is 24.3 Å². The highest BCUT2D eigenvalue weighted by Gasteiger charge is 2.15. The maximum Gasteiger partial charge on any atom is 0.164 e. The summed E-state index contributed by atoms with van der Waals surface area (Å²) in [6.07, 6.45) is 0.350. The molecular weight excluding hydrogens is 196 g/mol. The molecule has 80 valence electrons. The summed E-state index contributed by atoms with van der Waals surface area (Å²) in [5.74, 6) is 1.55. The van der Waals surface area contributed by atoms with Crippen LogP contribution in [0.3, 0.4) is 0 Å². The average molecular weight is 208 g/mol. The standard InChI is InChI=1S/C10H12N2O3/c11-9(12-13)6-7-2-1-3-8-10(7)15-5-4-14-8/h1-3,13H,4-6H2,(H2,11,12). The molecule has 1 heterocycles. The van der Waals surface area contributed by atoms with Crippen molar-refractivity contribution in [3.63, 3.8) is 0 Å². The lowest BCUT2D eigenvalue weighted by Crippen LogP contribution is -2.19. The van der Waals surface area contributed by atoms with Crippen LogP contribution in [0.2, 0.25) is 0 Å². The first-order chi connectivity index (χ1) is 7.31. The summed E-state index contributed by atoms with van der Waals surface area (Å²) in [4.78, 5) is 0. The average Bonchev–Trinajstić information content (AvgIpc) is 2.29. The van der Waals surface area contributed by atoms with E-state index in [2.05, 4.69) is 5.16 Å². The lowest BCUT2D eigenvalue weighted by atomic mass is 10.1. The van der Waals surface area contributed by atoms with Crippen LogP contribution in [0.25, 0.3) is 0 Å². The van der Waals surface area contributed by atoms with Gasteiger partial charge in [-0.1, -0.05) is 17.3 Å². The van der Waals surface area contributed by atoms with Crippen LogP contribution in [-0.2, 0) is 6.42 Å². The molecule has 0 fully saturated rings. The molecule has 1 aromatic rings. The lowest BCUT2D eigenvalue weighted by Gasteiger charge is -2.20. The number of nitrogens with two attached hydrogens (primary N) is 1. The van der Waals surface area contributed by atoms with Gasteiger partial charge in [-0.05, 0) is 6.07 Å². The van der Waals surface area contributed by atoms with Crippen molar-refractivity contribution in [3.8, 4) is 11.5 Å². The van der Waals surface area contributed by atoms with Crippen molar-refractivity contribution < 1.29 is 14.7 Å². The van der Waals surface area contributed by atoms with Crippen LogP contribution in [0.4, 0.5) is 0 Å². The SMILES string of the molecule is NC(Cc1cccc2c1OCCO2)=NO. The molecule has 2 rings (SSSR count). The molecule has 0 aromatic heterocycles. The van der Waals surface area contributed by atoms with E-state index in [-0.39, 0.29) is 5.84 Å². The zero-order chi connectivity index (χ0) is 10.7. The minimum atomic E-state index is 0.151. The van der Waals surface area contributed by atoms with Crippen LogP contribution >= 0.6 is 0 Å². The molecule has 1 aliphatic heterocycles. The summed E-state index contributed by atoms with van der Waals surface area (Å²) in [7, 11) is 0. The van der Waals surface area contributed by atoms with Crippen molar-refractivity contribution >= 4 is 5.84 Å². The molecule has 15 heavy (non-hydrogen) atoms. The number of benzene rings is 1. The lowest BCUT2D eigenvalue weighted by molar-refractivity contribution is 0.170. The largest absolute Gasteiger partial charge is 0.486 e. The van der Waals surface area contributed by atoms with Gasteiger partial charge in [0.15, 0.2) is 11.5 Å². The number of nitrogens with zero attached hydrogens (tertiary/aromatic N) is 1. The second-order valence-corrected chi connectivity index (χ2v) is 3.21. The molecule has 3 N–H and O–H groups in total. The van der Waals surface area contributed by atoms with E-state index in [1.54, 1.807) is 0 Å². The maximum atomic E-state index is 8.49. The fourth-order valence-corrected chi connectivity index (χ4v) is 1.50. The smallest absolute Gasteiger partial charge is 0.164 e. The summed E-state index contributed by atoms with van der Waals surface area (Å²) >= 11 is 0. The number of hydrogen-bond donors (Lipinski definition) is 2. The Balaban J connectivity index is 2.31. The first kappa shape index (κ1) is 9.64. The number of amidine groups is 1. The van der Waals surface area contributed by atoms with E-state index in [9.17, 15) is 0 Å². The van der Waals surface area contributed by atoms with Crippen LogP contribution in [0, 0.1) is 0 Å². The van der Waals surface area contributed by atoms with Crippen LogP contribution in [0.5, 0.6) is 11.5 Å². The van der Waals surface area contributed by atoms with Crippen molar-refractivity contribution in [2.75, 3.05) is 13.2 Å². The second kappa shape index (κ2) is 4.08. The third-order valence-corrected chi connectivity index (χ3v) is 2.15. The number of hydrogen-bond acceptors (Lipinski definition) is 4.